The van der Waals surface area contributed by atoms with Crippen molar-refractivity contribution in [3.63, 3.8) is 0 Å². The number of nitrogens with one attached hydrogen (secondary N) is 3. The van der Waals surface area contributed by atoms with Crippen LogP contribution in [0.1, 0.15) is 76.7 Å². The molecule has 1 spiro atoms. The molecular formula is C25H37N3O4. The van der Waals surface area contributed by atoms with Crippen LogP contribution in [0.4, 0.5) is 4.79 Å². The number of benzene rings is 1. The summed E-state index contributed by atoms with van der Waals surface area (Å²) in [6, 6.07) is 6.18. The third-order valence-corrected chi connectivity index (χ3v) is 6.83. The van der Waals surface area contributed by atoms with E-state index in [0.29, 0.717) is 0 Å². The van der Waals surface area contributed by atoms with Gasteiger partial charge in [-0.25, -0.2) is 4.79 Å². The number of amides is 2. The Labute approximate surface area is 191 Å². The number of urea groups is 1. The first-order valence-electron chi connectivity index (χ1n) is 12.2. The summed E-state index contributed by atoms with van der Waals surface area (Å²) >= 11 is 0. The highest BCUT2D eigenvalue weighted by Gasteiger charge is 2.39. The molecule has 1 aliphatic heterocycles. The highest BCUT2D eigenvalue weighted by atomic mass is 16.7. The summed E-state index contributed by atoms with van der Waals surface area (Å²) in [7, 11) is 1.68. The van der Waals surface area contributed by atoms with Gasteiger partial charge in [0.1, 0.15) is 5.60 Å². The fourth-order valence-corrected chi connectivity index (χ4v) is 4.86. The fraction of sp³-hybridized carbons (Fsp3) is 0.640. The maximum Gasteiger partial charge on any atom is 0.315 e. The SMILES string of the molecule is CCCCNC(=O)NC1CCC2(C=C(c3ccc(OC)c(OC4CCCC4)c3)NO2)CC1. The van der Waals surface area contributed by atoms with Crippen LogP contribution >= 0.6 is 0 Å². The van der Waals surface area contributed by atoms with E-state index in [4.69, 9.17) is 14.3 Å². The molecule has 1 aromatic carbocycles. The van der Waals surface area contributed by atoms with Gasteiger partial charge in [-0.15, -0.1) is 0 Å². The Morgan fingerprint density at radius 3 is 2.69 bits per heavy atom. The Morgan fingerprint density at radius 1 is 1.19 bits per heavy atom. The minimum Gasteiger partial charge on any atom is -0.493 e. The second-order valence-corrected chi connectivity index (χ2v) is 9.24. The first-order valence-corrected chi connectivity index (χ1v) is 12.2. The van der Waals surface area contributed by atoms with E-state index in [1.807, 2.05) is 18.2 Å². The third kappa shape index (κ3) is 5.49. The molecule has 2 saturated carbocycles. The molecule has 0 radical (unpaired) electrons. The van der Waals surface area contributed by atoms with Gasteiger partial charge < -0.3 is 20.1 Å². The smallest absolute Gasteiger partial charge is 0.315 e. The summed E-state index contributed by atoms with van der Waals surface area (Å²) in [6.07, 6.45) is 12.7. The van der Waals surface area contributed by atoms with Crippen molar-refractivity contribution in [3.05, 3.63) is 29.8 Å². The van der Waals surface area contributed by atoms with E-state index in [2.05, 4.69) is 29.1 Å². The predicted octanol–water partition coefficient (Wildman–Crippen LogP) is 4.67. The standard InChI is InChI=1S/C25H37N3O4/c1-3-4-15-26-24(29)27-19-11-13-25(14-12-19)17-21(28-32-25)18-9-10-22(30-2)23(16-18)31-20-7-5-6-8-20/h9-10,16-17,19-20,28H,3-8,11-15H2,1-2H3,(H2,26,27,29). The lowest BCUT2D eigenvalue weighted by atomic mass is 9.81. The summed E-state index contributed by atoms with van der Waals surface area (Å²) in [5.41, 5.74) is 4.82. The summed E-state index contributed by atoms with van der Waals surface area (Å²) < 4.78 is 11.8. The summed E-state index contributed by atoms with van der Waals surface area (Å²) in [5, 5.41) is 6.04. The molecule has 0 atom stereocenters. The van der Waals surface area contributed by atoms with Crippen LogP contribution in [0.3, 0.4) is 0 Å². The van der Waals surface area contributed by atoms with E-state index in [-0.39, 0.29) is 23.8 Å². The summed E-state index contributed by atoms with van der Waals surface area (Å²) in [5.74, 6) is 1.56. The zero-order valence-electron chi connectivity index (χ0n) is 19.4. The molecule has 3 N–H and O–H groups in total. The first-order chi connectivity index (χ1) is 15.6. The minimum atomic E-state index is -0.321. The molecule has 4 rings (SSSR count). The highest BCUT2D eigenvalue weighted by molar-refractivity contribution is 5.74. The van der Waals surface area contributed by atoms with Crippen LogP contribution in [0.15, 0.2) is 24.3 Å². The number of carbonyl (C=O) groups is 1. The van der Waals surface area contributed by atoms with Crippen LogP contribution in [-0.4, -0.2) is 37.4 Å². The molecule has 2 amide bonds. The molecule has 0 saturated heterocycles. The molecule has 1 aromatic rings. The van der Waals surface area contributed by atoms with Gasteiger partial charge in [0.05, 0.1) is 18.9 Å². The van der Waals surface area contributed by atoms with Crippen LogP contribution in [0.25, 0.3) is 5.70 Å². The van der Waals surface area contributed by atoms with Crippen LogP contribution in [-0.2, 0) is 4.84 Å². The average molecular weight is 444 g/mol. The van der Waals surface area contributed by atoms with Crippen molar-refractivity contribution >= 4 is 11.7 Å². The summed E-state index contributed by atoms with van der Waals surface area (Å²) in [4.78, 5) is 18.1. The van der Waals surface area contributed by atoms with Gasteiger partial charge in [-0.05, 0) is 82.1 Å². The van der Waals surface area contributed by atoms with E-state index in [1.54, 1.807) is 7.11 Å². The fourth-order valence-electron chi connectivity index (χ4n) is 4.86. The van der Waals surface area contributed by atoms with E-state index in [9.17, 15) is 4.79 Å². The van der Waals surface area contributed by atoms with Gasteiger partial charge in [-0.1, -0.05) is 13.3 Å². The molecule has 3 aliphatic rings. The number of unbranched alkanes of at least 4 members (excludes halogenated alkanes) is 1. The van der Waals surface area contributed by atoms with E-state index >= 15 is 0 Å². The molecule has 0 unspecified atom stereocenters. The van der Waals surface area contributed by atoms with Crippen molar-refractivity contribution in [3.8, 4) is 11.5 Å². The zero-order chi connectivity index (χ0) is 22.4. The van der Waals surface area contributed by atoms with Crippen LogP contribution in [0, 0.1) is 0 Å². The third-order valence-electron chi connectivity index (χ3n) is 6.83. The molecule has 176 valence electrons. The Morgan fingerprint density at radius 2 is 1.97 bits per heavy atom. The molecule has 2 fully saturated rings. The van der Waals surface area contributed by atoms with Crippen molar-refractivity contribution in [1.29, 1.82) is 0 Å². The number of hydroxylamine groups is 1. The number of methoxy groups -OCH3 is 1. The number of hydrogen-bond donors (Lipinski definition) is 3. The van der Waals surface area contributed by atoms with Gasteiger partial charge in [-0.2, -0.15) is 0 Å². The number of carbonyl (C=O) groups excluding carboxylic acids is 1. The van der Waals surface area contributed by atoms with Crippen molar-refractivity contribution in [2.75, 3.05) is 13.7 Å². The van der Waals surface area contributed by atoms with Gasteiger partial charge in [0.25, 0.3) is 0 Å². The van der Waals surface area contributed by atoms with Crippen LogP contribution in [0.2, 0.25) is 0 Å². The van der Waals surface area contributed by atoms with Crippen molar-refractivity contribution < 1.29 is 19.1 Å². The van der Waals surface area contributed by atoms with E-state index < -0.39 is 0 Å². The Hall–Kier alpha value is -2.41. The second-order valence-electron chi connectivity index (χ2n) is 9.24. The topological polar surface area (TPSA) is 80.9 Å². The van der Waals surface area contributed by atoms with Gasteiger partial charge in [0, 0.05) is 18.2 Å². The Bertz CT molecular complexity index is 811. The molecule has 32 heavy (non-hydrogen) atoms. The molecule has 1 heterocycles. The summed E-state index contributed by atoms with van der Waals surface area (Å²) in [6.45, 7) is 2.85. The lowest BCUT2D eigenvalue weighted by molar-refractivity contribution is -0.0593. The molecular weight excluding hydrogens is 406 g/mol. The molecule has 7 nitrogen and oxygen atoms in total. The molecule has 7 heteroatoms. The van der Waals surface area contributed by atoms with E-state index in [0.717, 1.165) is 80.7 Å². The number of hydrogen-bond acceptors (Lipinski definition) is 5. The normalized spacial score (nSPS) is 25.3. The van der Waals surface area contributed by atoms with E-state index in [1.165, 1.54) is 12.8 Å². The zero-order valence-corrected chi connectivity index (χ0v) is 19.4. The van der Waals surface area contributed by atoms with Crippen molar-refractivity contribution in [2.24, 2.45) is 0 Å². The van der Waals surface area contributed by atoms with Crippen molar-refractivity contribution in [2.45, 2.75) is 88.9 Å². The van der Waals surface area contributed by atoms with Crippen LogP contribution in [0.5, 0.6) is 11.5 Å². The quantitative estimate of drug-likeness (QED) is 0.509. The molecule has 2 aliphatic carbocycles. The van der Waals surface area contributed by atoms with Gasteiger partial charge in [0.15, 0.2) is 11.5 Å². The second kappa shape index (κ2) is 10.5. The molecule has 0 bridgehead atoms. The predicted molar refractivity (Wildman–Crippen MR) is 125 cm³/mol. The van der Waals surface area contributed by atoms with Gasteiger partial charge in [-0.3, -0.25) is 10.3 Å². The van der Waals surface area contributed by atoms with Gasteiger partial charge in [0.2, 0.25) is 0 Å². The Balaban J connectivity index is 1.36. The lowest BCUT2D eigenvalue weighted by Crippen LogP contribution is -2.47. The van der Waals surface area contributed by atoms with Gasteiger partial charge >= 0.3 is 6.03 Å². The highest BCUT2D eigenvalue weighted by Crippen LogP contribution is 2.40. The minimum absolute atomic E-state index is 0.0610. The number of ether oxygens (including phenoxy) is 2. The lowest BCUT2D eigenvalue weighted by Gasteiger charge is -2.34. The largest absolute Gasteiger partial charge is 0.493 e. The maximum atomic E-state index is 12.0. The number of rotatable bonds is 8. The first kappa shape index (κ1) is 22.8. The monoisotopic (exact) mass is 443 g/mol. The average Bonchev–Trinajstić information content (AvgIpc) is 3.46. The maximum absolute atomic E-state index is 12.0. The Kier molecular flexibility index (Phi) is 7.45. The van der Waals surface area contributed by atoms with Crippen molar-refractivity contribution in [1.82, 2.24) is 16.1 Å². The van der Waals surface area contributed by atoms with Crippen LogP contribution < -0.4 is 25.6 Å². The molecule has 0 aromatic heterocycles.